The number of hydrogen-bond donors (Lipinski definition) is 1. The number of benzene rings is 1. The minimum absolute atomic E-state index is 0.730. The average molecular weight is 368 g/mol. The molecule has 2 aromatic rings. The van der Waals surface area contributed by atoms with E-state index >= 15 is 0 Å². The van der Waals surface area contributed by atoms with E-state index in [1.807, 2.05) is 13.0 Å². The van der Waals surface area contributed by atoms with Crippen LogP contribution in [0.25, 0.3) is 0 Å². The fourth-order valence-electron chi connectivity index (χ4n) is 3.49. The van der Waals surface area contributed by atoms with Crippen LogP contribution in [0.15, 0.2) is 30.3 Å². The van der Waals surface area contributed by atoms with Crippen LogP contribution in [0.1, 0.15) is 5.69 Å². The van der Waals surface area contributed by atoms with Crippen molar-refractivity contribution in [1.29, 1.82) is 0 Å². The number of nitrogens with one attached hydrogen (secondary N) is 1. The number of aryl methyl sites for hydroxylation is 1. The molecule has 0 unspecified atom stereocenters. The molecule has 0 atom stereocenters. The van der Waals surface area contributed by atoms with Crippen molar-refractivity contribution in [3.05, 3.63) is 36.0 Å². The molecular formula is C20H28N6O. The Morgan fingerprint density at radius 3 is 2.30 bits per heavy atom. The van der Waals surface area contributed by atoms with E-state index in [9.17, 15) is 0 Å². The zero-order chi connectivity index (χ0) is 18.6. The maximum absolute atomic E-state index is 5.42. The highest BCUT2D eigenvalue weighted by molar-refractivity contribution is 5.62. The minimum Gasteiger partial charge on any atom is -0.378 e. The summed E-state index contributed by atoms with van der Waals surface area (Å²) >= 11 is 0. The smallest absolute Gasteiger partial charge is 0.227 e. The summed E-state index contributed by atoms with van der Waals surface area (Å²) in [6.07, 6.45) is 0. The Balaban J connectivity index is 1.45. The Morgan fingerprint density at radius 1 is 0.889 bits per heavy atom. The Kier molecular flexibility index (Phi) is 5.40. The molecule has 0 aliphatic carbocycles. The molecule has 0 spiro atoms. The second-order valence-corrected chi connectivity index (χ2v) is 7.26. The lowest BCUT2D eigenvalue weighted by Gasteiger charge is -2.34. The quantitative estimate of drug-likeness (QED) is 0.887. The Morgan fingerprint density at radius 2 is 1.59 bits per heavy atom. The van der Waals surface area contributed by atoms with Gasteiger partial charge in [-0.25, -0.2) is 4.98 Å². The number of ether oxygens (including phenoxy) is 1. The first-order valence-corrected chi connectivity index (χ1v) is 9.66. The first-order valence-electron chi connectivity index (χ1n) is 9.66. The summed E-state index contributed by atoms with van der Waals surface area (Å²) in [4.78, 5) is 16.3. The molecule has 0 bridgehead atoms. The number of aromatic nitrogens is 2. The van der Waals surface area contributed by atoms with Gasteiger partial charge < -0.3 is 24.8 Å². The van der Waals surface area contributed by atoms with Crippen molar-refractivity contribution < 1.29 is 4.74 Å². The van der Waals surface area contributed by atoms with Gasteiger partial charge in [0, 0.05) is 62.4 Å². The van der Waals surface area contributed by atoms with Gasteiger partial charge in [0.05, 0.1) is 13.2 Å². The van der Waals surface area contributed by atoms with E-state index < -0.39 is 0 Å². The Bertz CT molecular complexity index is 752. The summed E-state index contributed by atoms with van der Waals surface area (Å²) in [5, 5.41) is 3.43. The summed E-state index contributed by atoms with van der Waals surface area (Å²) in [7, 11) is 2.18. The second kappa shape index (κ2) is 8.10. The number of morpholine rings is 1. The summed E-state index contributed by atoms with van der Waals surface area (Å²) in [6, 6.07) is 10.6. The number of hydrogen-bond acceptors (Lipinski definition) is 7. The van der Waals surface area contributed by atoms with Crippen molar-refractivity contribution in [2.45, 2.75) is 6.92 Å². The lowest BCUT2D eigenvalue weighted by Crippen LogP contribution is -2.44. The topological polar surface area (TPSA) is 56.8 Å². The molecule has 2 fully saturated rings. The van der Waals surface area contributed by atoms with E-state index in [-0.39, 0.29) is 0 Å². The van der Waals surface area contributed by atoms with Gasteiger partial charge in [-0.15, -0.1) is 0 Å². The van der Waals surface area contributed by atoms with Crippen LogP contribution >= 0.6 is 0 Å². The summed E-state index contributed by atoms with van der Waals surface area (Å²) < 4.78 is 5.42. The van der Waals surface area contributed by atoms with Crippen molar-refractivity contribution in [3.63, 3.8) is 0 Å². The highest BCUT2D eigenvalue weighted by Crippen LogP contribution is 2.23. The van der Waals surface area contributed by atoms with E-state index in [4.69, 9.17) is 9.72 Å². The minimum atomic E-state index is 0.730. The average Bonchev–Trinajstić information content (AvgIpc) is 2.69. The highest BCUT2D eigenvalue weighted by Gasteiger charge is 2.16. The van der Waals surface area contributed by atoms with Crippen LogP contribution in [-0.4, -0.2) is 74.4 Å². The molecule has 27 heavy (non-hydrogen) atoms. The monoisotopic (exact) mass is 368 g/mol. The van der Waals surface area contributed by atoms with Crippen LogP contribution in [0.4, 0.5) is 23.1 Å². The molecule has 1 aromatic carbocycles. The van der Waals surface area contributed by atoms with Gasteiger partial charge in [-0.3, -0.25) is 0 Å². The third-order valence-corrected chi connectivity index (χ3v) is 5.14. The molecule has 144 valence electrons. The number of nitrogens with zero attached hydrogens (tertiary/aromatic N) is 5. The normalized spacial score (nSPS) is 18.6. The molecule has 7 nitrogen and oxygen atoms in total. The van der Waals surface area contributed by atoms with Crippen LogP contribution in [0.5, 0.6) is 0 Å². The predicted molar refractivity (Wildman–Crippen MR) is 109 cm³/mol. The Hall–Kier alpha value is -2.38. The zero-order valence-electron chi connectivity index (χ0n) is 16.2. The molecular weight excluding hydrogens is 340 g/mol. The summed E-state index contributed by atoms with van der Waals surface area (Å²) in [5.41, 5.74) is 3.28. The lowest BCUT2D eigenvalue weighted by molar-refractivity contribution is 0.122. The van der Waals surface area contributed by atoms with Gasteiger partial charge in [0.25, 0.3) is 0 Å². The molecule has 2 aliphatic rings. The van der Waals surface area contributed by atoms with Crippen molar-refractivity contribution >= 4 is 23.1 Å². The van der Waals surface area contributed by atoms with Crippen LogP contribution < -0.4 is 15.1 Å². The molecule has 4 rings (SSSR count). The number of rotatable bonds is 4. The number of piperazine rings is 1. The van der Waals surface area contributed by atoms with Crippen LogP contribution in [0.3, 0.4) is 0 Å². The molecule has 2 saturated heterocycles. The maximum atomic E-state index is 5.42. The van der Waals surface area contributed by atoms with Crippen molar-refractivity contribution in [2.24, 2.45) is 0 Å². The molecule has 2 aliphatic heterocycles. The second-order valence-electron chi connectivity index (χ2n) is 7.26. The molecule has 0 radical (unpaired) electrons. The predicted octanol–water partition coefficient (Wildman–Crippen LogP) is 2.12. The van der Waals surface area contributed by atoms with Gasteiger partial charge in [0.1, 0.15) is 5.82 Å². The summed E-state index contributed by atoms with van der Waals surface area (Å²) in [6.45, 7) is 9.53. The van der Waals surface area contributed by atoms with Gasteiger partial charge in [0.2, 0.25) is 5.95 Å². The third kappa shape index (κ3) is 4.48. The lowest BCUT2D eigenvalue weighted by atomic mass is 10.2. The van der Waals surface area contributed by atoms with E-state index in [0.29, 0.717) is 0 Å². The zero-order valence-corrected chi connectivity index (χ0v) is 16.2. The maximum Gasteiger partial charge on any atom is 0.227 e. The fourth-order valence-corrected chi connectivity index (χ4v) is 3.49. The molecule has 3 heterocycles. The van der Waals surface area contributed by atoms with Crippen molar-refractivity contribution in [1.82, 2.24) is 14.9 Å². The third-order valence-electron chi connectivity index (χ3n) is 5.14. The number of anilines is 4. The highest BCUT2D eigenvalue weighted by atomic mass is 16.5. The van der Waals surface area contributed by atoms with Gasteiger partial charge in [0.15, 0.2) is 0 Å². The molecule has 0 saturated carbocycles. The van der Waals surface area contributed by atoms with Gasteiger partial charge in [-0.1, -0.05) is 0 Å². The van der Waals surface area contributed by atoms with Crippen molar-refractivity contribution in [2.75, 3.05) is 74.6 Å². The standard InChI is InChI=1S/C20H28N6O/c1-16-15-19(23-20(21-16)26-11-13-27-14-12-26)22-17-3-5-18(6-4-17)25-9-7-24(2)8-10-25/h3-6,15H,7-14H2,1-2H3,(H,21,22,23). The fraction of sp³-hybridized carbons (Fsp3) is 0.500. The van der Waals surface area contributed by atoms with Gasteiger partial charge >= 0.3 is 0 Å². The van der Waals surface area contributed by atoms with E-state index in [1.165, 1.54) is 5.69 Å². The van der Waals surface area contributed by atoms with E-state index in [2.05, 4.69) is 56.3 Å². The summed E-state index contributed by atoms with van der Waals surface area (Å²) in [5.74, 6) is 1.60. The van der Waals surface area contributed by atoms with E-state index in [0.717, 1.165) is 75.6 Å². The van der Waals surface area contributed by atoms with Crippen molar-refractivity contribution in [3.8, 4) is 0 Å². The number of likely N-dealkylation sites (N-methyl/N-ethyl adjacent to an activating group) is 1. The molecule has 1 aromatic heterocycles. The van der Waals surface area contributed by atoms with Gasteiger partial charge in [-0.2, -0.15) is 4.98 Å². The Labute approximate surface area is 161 Å². The molecule has 0 amide bonds. The SMILES string of the molecule is Cc1cc(Nc2ccc(N3CCN(C)CC3)cc2)nc(N2CCOCC2)n1. The van der Waals surface area contributed by atoms with Crippen LogP contribution in [0, 0.1) is 6.92 Å². The first kappa shape index (κ1) is 18.0. The first-order chi connectivity index (χ1) is 13.2. The molecule has 7 heteroatoms. The van der Waals surface area contributed by atoms with Gasteiger partial charge in [-0.05, 0) is 38.2 Å². The molecule has 1 N–H and O–H groups in total. The van der Waals surface area contributed by atoms with Crippen LogP contribution in [0.2, 0.25) is 0 Å². The largest absolute Gasteiger partial charge is 0.378 e. The van der Waals surface area contributed by atoms with E-state index in [1.54, 1.807) is 0 Å². The van der Waals surface area contributed by atoms with Crippen LogP contribution in [-0.2, 0) is 4.74 Å².